The van der Waals surface area contributed by atoms with Gasteiger partial charge in [-0.2, -0.15) is 0 Å². The molecule has 1 aliphatic rings. The number of carbonyl (C=O) groups excluding carboxylic acids is 2. The average molecular weight is 442 g/mol. The first kappa shape index (κ1) is 27.7. The summed E-state index contributed by atoms with van der Waals surface area (Å²) in [4.78, 5) is 28.0. The Kier molecular flexibility index (Phi) is 9.40. The van der Waals surface area contributed by atoms with Gasteiger partial charge in [0, 0.05) is 31.3 Å². The van der Waals surface area contributed by atoms with E-state index in [9.17, 15) is 9.59 Å². The molecule has 0 radical (unpaired) electrons. The molecule has 1 fully saturated rings. The Hall–Kier alpha value is -1.34. The Bertz CT molecular complexity index is 618. The highest BCUT2D eigenvalue weighted by molar-refractivity contribution is 5.88. The van der Waals surface area contributed by atoms with Gasteiger partial charge >= 0.3 is 6.03 Å². The highest BCUT2D eigenvalue weighted by Crippen LogP contribution is 2.28. The van der Waals surface area contributed by atoms with E-state index in [0.717, 1.165) is 12.8 Å². The molecule has 1 saturated heterocycles. The van der Waals surface area contributed by atoms with Crippen molar-refractivity contribution in [1.29, 1.82) is 0 Å². The molecule has 0 spiro atoms. The second kappa shape index (κ2) is 10.5. The van der Waals surface area contributed by atoms with Crippen LogP contribution in [0.1, 0.15) is 94.4 Å². The van der Waals surface area contributed by atoms with Crippen LogP contribution in [0.4, 0.5) is 4.79 Å². The highest BCUT2D eigenvalue weighted by atomic mass is 16.5. The number of amides is 3. The van der Waals surface area contributed by atoms with Gasteiger partial charge in [-0.3, -0.25) is 4.79 Å². The van der Waals surface area contributed by atoms with E-state index in [1.54, 1.807) is 12.0 Å². The number of hydrogen-bond donors (Lipinski definition) is 2. The van der Waals surface area contributed by atoms with Crippen LogP contribution in [0.3, 0.4) is 0 Å². The van der Waals surface area contributed by atoms with Crippen molar-refractivity contribution >= 4 is 11.9 Å². The van der Waals surface area contributed by atoms with Crippen LogP contribution in [0.15, 0.2) is 0 Å². The Morgan fingerprint density at radius 3 is 2.10 bits per heavy atom. The predicted molar refractivity (Wildman–Crippen MR) is 125 cm³/mol. The first-order chi connectivity index (χ1) is 14.1. The van der Waals surface area contributed by atoms with E-state index in [-0.39, 0.29) is 23.1 Å². The van der Waals surface area contributed by atoms with Crippen molar-refractivity contribution in [2.45, 2.75) is 123 Å². The molecule has 1 heterocycles. The Morgan fingerprint density at radius 2 is 1.58 bits per heavy atom. The van der Waals surface area contributed by atoms with Crippen molar-refractivity contribution in [2.24, 2.45) is 0 Å². The van der Waals surface area contributed by atoms with Crippen LogP contribution in [0.2, 0.25) is 0 Å². The Balaban J connectivity index is 2.84. The van der Waals surface area contributed by atoms with Gasteiger partial charge in [-0.1, -0.05) is 6.92 Å². The fraction of sp³-hybridized carbons (Fsp3) is 0.917. The second-order valence-electron chi connectivity index (χ2n) is 11.1. The number of nitrogens with zero attached hydrogens (tertiary/aromatic N) is 1. The molecule has 7 nitrogen and oxygen atoms in total. The van der Waals surface area contributed by atoms with Crippen LogP contribution in [0.25, 0.3) is 0 Å². The van der Waals surface area contributed by atoms with E-state index >= 15 is 0 Å². The number of rotatable bonds is 11. The number of likely N-dealkylation sites (tertiary alicyclic amines) is 1. The molecule has 7 heteroatoms. The van der Waals surface area contributed by atoms with Gasteiger partial charge in [-0.25, -0.2) is 4.79 Å². The highest BCUT2D eigenvalue weighted by Gasteiger charge is 2.40. The van der Waals surface area contributed by atoms with Crippen LogP contribution in [0, 0.1) is 0 Å². The summed E-state index contributed by atoms with van der Waals surface area (Å²) in [6.07, 6.45) is 3.64. The smallest absolute Gasteiger partial charge is 0.318 e. The maximum atomic E-state index is 13.2. The molecule has 2 N–H and O–H groups in total. The third-order valence-corrected chi connectivity index (χ3v) is 6.24. The van der Waals surface area contributed by atoms with E-state index in [4.69, 9.17) is 9.47 Å². The number of hydrogen-bond acceptors (Lipinski definition) is 4. The van der Waals surface area contributed by atoms with Gasteiger partial charge in [-0.05, 0) is 87.5 Å². The number of urea groups is 1. The average Bonchev–Trinajstić information content (AvgIpc) is 3.09. The minimum Gasteiger partial charge on any atom is -0.379 e. The van der Waals surface area contributed by atoms with Crippen molar-refractivity contribution in [3.8, 4) is 0 Å². The summed E-state index contributed by atoms with van der Waals surface area (Å²) in [7, 11) is 1.69. The maximum absolute atomic E-state index is 13.2. The molecule has 31 heavy (non-hydrogen) atoms. The predicted octanol–water partition coefficient (Wildman–Crippen LogP) is 4.24. The summed E-state index contributed by atoms with van der Waals surface area (Å²) in [5.74, 6) is -0.0969. The molecule has 182 valence electrons. The lowest BCUT2D eigenvalue weighted by molar-refractivity contribution is -0.127. The fourth-order valence-electron chi connectivity index (χ4n) is 4.85. The van der Waals surface area contributed by atoms with Crippen LogP contribution in [-0.4, -0.2) is 65.4 Å². The van der Waals surface area contributed by atoms with Gasteiger partial charge in [0.25, 0.3) is 0 Å². The second-order valence-corrected chi connectivity index (χ2v) is 11.1. The van der Waals surface area contributed by atoms with Gasteiger partial charge in [-0.15, -0.1) is 0 Å². The minimum absolute atomic E-state index is 0.0969. The molecule has 1 rings (SSSR count). The van der Waals surface area contributed by atoms with Crippen LogP contribution in [-0.2, 0) is 14.3 Å². The summed E-state index contributed by atoms with van der Waals surface area (Å²) in [5.41, 5.74) is -1.55. The number of carbonyl (C=O) groups is 2. The van der Waals surface area contributed by atoms with Crippen molar-refractivity contribution in [3.05, 3.63) is 0 Å². The molecule has 0 aromatic carbocycles. The van der Waals surface area contributed by atoms with Gasteiger partial charge in [0.2, 0.25) is 5.91 Å². The first-order valence-electron chi connectivity index (χ1n) is 11.7. The van der Waals surface area contributed by atoms with E-state index in [2.05, 4.69) is 17.6 Å². The SMILES string of the molecule is CCOC(C)(C)CC(C)(C)NC(=O)C1CCCN1C(=O)NC(C)(CC)CC(C)(C)OC. The zero-order valence-corrected chi connectivity index (χ0v) is 21.6. The van der Waals surface area contributed by atoms with Crippen LogP contribution >= 0.6 is 0 Å². The lowest BCUT2D eigenvalue weighted by Gasteiger charge is -2.39. The zero-order valence-electron chi connectivity index (χ0n) is 21.6. The molecule has 2 atom stereocenters. The summed E-state index contributed by atoms with van der Waals surface area (Å²) in [6, 6.07) is -0.632. The first-order valence-corrected chi connectivity index (χ1v) is 11.7. The zero-order chi connectivity index (χ0) is 24.1. The number of nitrogens with one attached hydrogen (secondary N) is 2. The van der Waals surface area contributed by atoms with Gasteiger partial charge in [0.05, 0.1) is 11.2 Å². The summed E-state index contributed by atoms with van der Waals surface area (Å²) < 4.78 is 11.4. The fourth-order valence-corrected chi connectivity index (χ4v) is 4.85. The molecule has 1 aliphatic heterocycles. The van der Waals surface area contributed by atoms with E-state index in [1.165, 1.54) is 0 Å². The number of methoxy groups -OCH3 is 1. The molecule has 0 saturated carbocycles. The van der Waals surface area contributed by atoms with Crippen molar-refractivity contribution in [3.63, 3.8) is 0 Å². The van der Waals surface area contributed by atoms with E-state index in [1.807, 2.05) is 55.4 Å². The Morgan fingerprint density at radius 1 is 0.968 bits per heavy atom. The third kappa shape index (κ3) is 8.60. The molecule has 2 unspecified atom stereocenters. The third-order valence-electron chi connectivity index (χ3n) is 6.24. The molecular formula is C24H47N3O4. The topological polar surface area (TPSA) is 79.9 Å². The maximum Gasteiger partial charge on any atom is 0.318 e. The molecule has 0 bridgehead atoms. The summed E-state index contributed by atoms with van der Waals surface area (Å²) in [5, 5.41) is 6.35. The number of ether oxygens (including phenoxy) is 2. The van der Waals surface area contributed by atoms with Crippen molar-refractivity contribution in [2.75, 3.05) is 20.3 Å². The van der Waals surface area contributed by atoms with Gasteiger partial charge < -0.3 is 25.0 Å². The standard InChI is InChI=1S/C24H47N3O4/c1-11-24(9,17-22(5,6)30-10)26-20(29)27-15-13-14-18(27)19(28)25-21(3,4)16-23(7,8)31-12-2/h18H,11-17H2,1-10H3,(H,25,28)(H,26,29). The lowest BCUT2D eigenvalue weighted by Crippen LogP contribution is -2.59. The van der Waals surface area contributed by atoms with Crippen LogP contribution < -0.4 is 10.6 Å². The molecule has 0 aromatic rings. The van der Waals surface area contributed by atoms with E-state index in [0.29, 0.717) is 32.4 Å². The summed E-state index contributed by atoms with van der Waals surface area (Å²) >= 11 is 0. The molecule has 0 aliphatic carbocycles. The minimum atomic E-state index is -0.453. The van der Waals surface area contributed by atoms with Gasteiger partial charge in [0.1, 0.15) is 6.04 Å². The quantitative estimate of drug-likeness (QED) is 0.502. The molecule has 3 amide bonds. The van der Waals surface area contributed by atoms with E-state index < -0.39 is 17.1 Å². The molecule has 0 aromatic heterocycles. The van der Waals surface area contributed by atoms with Crippen molar-refractivity contribution in [1.82, 2.24) is 15.5 Å². The largest absolute Gasteiger partial charge is 0.379 e. The molecular weight excluding hydrogens is 394 g/mol. The van der Waals surface area contributed by atoms with Gasteiger partial charge in [0.15, 0.2) is 0 Å². The monoisotopic (exact) mass is 441 g/mol. The lowest BCUT2D eigenvalue weighted by atomic mass is 9.85. The normalized spacial score (nSPS) is 19.8. The van der Waals surface area contributed by atoms with Crippen molar-refractivity contribution < 1.29 is 19.1 Å². The summed E-state index contributed by atoms with van der Waals surface area (Å²) in [6.45, 7) is 19.4. The Labute approximate surface area is 190 Å². The van der Waals surface area contributed by atoms with Crippen LogP contribution in [0.5, 0.6) is 0 Å².